The van der Waals surface area contributed by atoms with Crippen molar-refractivity contribution in [2.45, 2.75) is 45.2 Å². The van der Waals surface area contributed by atoms with Crippen molar-refractivity contribution in [1.82, 2.24) is 15.1 Å². The van der Waals surface area contributed by atoms with Crippen LogP contribution in [0.25, 0.3) is 0 Å². The fraction of sp³-hybridized carbons (Fsp3) is 0.600. The van der Waals surface area contributed by atoms with Gasteiger partial charge in [-0.15, -0.1) is 0 Å². The van der Waals surface area contributed by atoms with Gasteiger partial charge in [0.1, 0.15) is 0 Å². The number of likely N-dealkylation sites (tertiary alicyclic amines) is 2. The van der Waals surface area contributed by atoms with Gasteiger partial charge in [0.05, 0.1) is 13.7 Å². The minimum Gasteiger partial charge on any atom is -0.493 e. The Kier molecular flexibility index (Phi) is 6.42. The first-order valence-corrected chi connectivity index (χ1v) is 9.75. The zero-order valence-electron chi connectivity index (χ0n) is 16.2. The third-order valence-electron chi connectivity index (χ3n) is 5.30. The molecule has 0 bridgehead atoms. The Morgan fingerprint density at radius 2 is 2.04 bits per heavy atom. The minimum absolute atomic E-state index is 0.0773. The Balaban J connectivity index is 1.52. The maximum absolute atomic E-state index is 12.5. The Labute approximate surface area is 160 Å². The SMILES string of the molecule is CCOc1c(CNC(=O)N2CCC(N3CCCC3=O)CC2)cccc1OC. The van der Waals surface area contributed by atoms with E-state index < -0.39 is 0 Å². The van der Waals surface area contributed by atoms with Gasteiger partial charge in [-0.2, -0.15) is 0 Å². The van der Waals surface area contributed by atoms with Crippen LogP contribution in [0.2, 0.25) is 0 Å². The molecule has 0 atom stereocenters. The van der Waals surface area contributed by atoms with E-state index in [4.69, 9.17) is 9.47 Å². The molecule has 0 aliphatic carbocycles. The summed E-state index contributed by atoms with van der Waals surface area (Å²) in [7, 11) is 1.61. The quantitative estimate of drug-likeness (QED) is 0.829. The van der Waals surface area contributed by atoms with Crippen LogP contribution < -0.4 is 14.8 Å². The number of methoxy groups -OCH3 is 1. The van der Waals surface area contributed by atoms with Gasteiger partial charge in [0.15, 0.2) is 11.5 Å². The molecule has 2 heterocycles. The smallest absolute Gasteiger partial charge is 0.317 e. The molecule has 1 N–H and O–H groups in total. The first kappa shape index (κ1) is 19.3. The number of carbonyl (C=O) groups excluding carboxylic acids is 2. The van der Waals surface area contributed by atoms with Crippen LogP contribution >= 0.6 is 0 Å². The van der Waals surface area contributed by atoms with Gasteiger partial charge in [-0.05, 0) is 32.3 Å². The number of hydrogen-bond donors (Lipinski definition) is 1. The molecule has 0 radical (unpaired) electrons. The van der Waals surface area contributed by atoms with Gasteiger partial charge in [0.25, 0.3) is 0 Å². The Morgan fingerprint density at radius 1 is 1.26 bits per heavy atom. The molecule has 3 amide bonds. The van der Waals surface area contributed by atoms with E-state index in [0.717, 1.165) is 31.4 Å². The summed E-state index contributed by atoms with van der Waals surface area (Å²) < 4.78 is 11.0. The van der Waals surface area contributed by atoms with Gasteiger partial charge < -0.3 is 24.6 Å². The van der Waals surface area contributed by atoms with Gasteiger partial charge >= 0.3 is 6.03 Å². The molecule has 148 valence electrons. The number of amides is 3. The number of rotatable bonds is 6. The second-order valence-corrected chi connectivity index (χ2v) is 6.95. The average molecular weight is 375 g/mol. The summed E-state index contributed by atoms with van der Waals surface area (Å²) in [6.45, 7) is 5.06. The van der Waals surface area contributed by atoms with Crippen molar-refractivity contribution in [2.24, 2.45) is 0 Å². The fourth-order valence-corrected chi connectivity index (χ4v) is 3.89. The van der Waals surface area contributed by atoms with Crippen LogP contribution in [-0.4, -0.2) is 61.1 Å². The van der Waals surface area contributed by atoms with E-state index in [1.54, 1.807) is 7.11 Å². The number of benzene rings is 1. The van der Waals surface area contributed by atoms with E-state index in [0.29, 0.717) is 44.2 Å². The van der Waals surface area contributed by atoms with Crippen molar-refractivity contribution in [3.8, 4) is 11.5 Å². The summed E-state index contributed by atoms with van der Waals surface area (Å²) in [4.78, 5) is 28.3. The number of piperidine rings is 1. The Morgan fingerprint density at radius 3 is 2.67 bits per heavy atom. The molecule has 3 rings (SSSR count). The lowest BCUT2D eigenvalue weighted by molar-refractivity contribution is -0.130. The maximum atomic E-state index is 12.5. The number of nitrogens with zero attached hydrogens (tertiary/aromatic N) is 2. The van der Waals surface area contributed by atoms with E-state index in [2.05, 4.69) is 5.32 Å². The predicted octanol–water partition coefficient (Wildman–Crippen LogP) is 2.39. The normalized spacial score (nSPS) is 17.9. The highest BCUT2D eigenvalue weighted by atomic mass is 16.5. The molecule has 7 heteroatoms. The lowest BCUT2D eigenvalue weighted by atomic mass is 10.0. The van der Waals surface area contributed by atoms with E-state index >= 15 is 0 Å². The van der Waals surface area contributed by atoms with Gasteiger partial charge in [-0.3, -0.25) is 4.79 Å². The first-order chi connectivity index (χ1) is 13.1. The van der Waals surface area contributed by atoms with Crippen molar-refractivity contribution >= 4 is 11.9 Å². The summed E-state index contributed by atoms with van der Waals surface area (Å²) in [6, 6.07) is 5.87. The molecule has 0 unspecified atom stereocenters. The summed E-state index contributed by atoms with van der Waals surface area (Å²) >= 11 is 0. The van der Waals surface area contributed by atoms with Gasteiger partial charge in [-0.1, -0.05) is 12.1 Å². The Hall–Kier alpha value is -2.44. The van der Waals surface area contributed by atoms with Crippen LogP contribution in [0.1, 0.15) is 38.2 Å². The third-order valence-corrected chi connectivity index (χ3v) is 5.30. The molecule has 2 aliphatic heterocycles. The molecule has 7 nitrogen and oxygen atoms in total. The van der Waals surface area contributed by atoms with E-state index in [1.807, 2.05) is 34.9 Å². The number of hydrogen-bond acceptors (Lipinski definition) is 4. The summed E-state index contributed by atoms with van der Waals surface area (Å²) in [6.07, 6.45) is 3.33. The Bertz CT molecular complexity index is 671. The van der Waals surface area contributed by atoms with Crippen molar-refractivity contribution in [1.29, 1.82) is 0 Å². The molecule has 27 heavy (non-hydrogen) atoms. The monoisotopic (exact) mass is 375 g/mol. The molecule has 0 saturated carbocycles. The highest BCUT2D eigenvalue weighted by molar-refractivity contribution is 5.78. The number of urea groups is 1. The third kappa shape index (κ3) is 4.46. The van der Waals surface area contributed by atoms with Crippen LogP contribution in [-0.2, 0) is 11.3 Å². The molecule has 1 aromatic carbocycles. The molecular weight excluding hydrogens is 346 g/mol. The number of para-hydroxylation sites is 1. The molecule has 0 aromatic heterocycles. The van der Waals surface area contributed by atoms with Crippen LogP contribution in [0.3, 0.4) is 0 Å². The summed E-state index contributed by atoms with van der Waals surface area (Å²) in [5, 5.41) is 2.98. The largest absolute Gasteiger partial charge is 0.493 e. The second kappa shape index (κ2) is 8.97. The zero-order chi connectivity index (χ0) is 19.2. The van der Waals surface area contributed by atoms with Crippen LogP contribution in [0.4, 0.5) is 4.79 Å². The standard InChI is InChI=1S/C20H29N3O4/c1-3-27-19-15(6-4-7-17(19)26-2)14-21-20(25)22-12-9-16(10-13-22)23-11-5-8-18(23)24/h4,6-7,16H,3,5,8-14H2,1-2H3,(H,21,25). The summed E-state index contributed by atoms with van der Waals surface area (Å²) in [5.41, 5.74) is 0.891. The van der Waals surface area contributed by atoms with Crippen molar-refractivity contribution in [2.75, 3.05) is 33.4 Å². The molecule has 2 fully saturated rings. The molecule has 2 saturated heterocycles. The van der Waals surface area contributed by atoms with Crippen molar-refractivity contribution in [3.05, 3.63) is 23.8 Å². The van der Waals surface area contributed by atoms with E-state index in [9.17, 15) is 9.59 Å². The van der Waals surface area contributed by atoms with Crippen LogP contribution in [0, 0.1) is 0 Å². The average Bonchev–Trinajstić information content (AvgIpc) is 3.13. The van der Waals surface area contributed by atoms with Gasteiger partial charge in [0.2, 0.25) is 5.91 Å². The van der Waals surface area contributed by atoms with E-state index in [1.165, 1.54) is 0 Å². The lowest BCUT2D eigenvalue weighted by Crippen LogP contribution is -2.49. The van der Waals surface area contributed by atoms with Crippen molar-refractivity contribution < 1.29 is 19.1 Å². The van der Waals surface area contributed by atoms with Crippen LogP contribution in [0.15, 0.2) is 18.2 Å². The van der Waals surface area contributed by atoms with Gasteiger partial charge in [-0.25, -0.2) is 4.79 Å². The fourth-order valence-electron chi connectivity index (χ4n) is 3.89. The maximum Gasteiger partial charge on any atom is 0.317 e. The predicted molar refractivity (Wildman–Crippen MR) is 102 cm³/mol. The zero-order valence-corrected chi connectivity index (χ0v) is 16.2. The second-order valence-electron chi connectivity index (χ2n) is 6.95. The minimum atomic E-state index is -0.0773. The highest BCUT2D eigenvalue weighted by Crippen LogP contribution is 2.31. The molecule has 0 spiro atoms. The van der Waals surface area contributed by atoms with Crippen LogP contribution in [0.5, 0.6) is 11.5 Å². The molecule has 1 aromatic rings. The number of nitrogens with one attached hydrogen (secondary N) is 1. The number of ether oxygens (including phenoxy) is 2. The van der Waals surface area contributed by atoms with E-state index in [-0.39, 0.29) is 18.0 Å². The molecule has 2 aliphatic rings. The summed E-state index contributed by atoms with van der Waals surface area (Å²) in [5.74, 6) is 1.60. The molecular formula is C20H29N3O4. The first-order valence-electron chi connectivity index (χ1n) is 9.75. The highest BCUT2D eigenvalue weighted by Gasteiger charge is 2.31. The van der Waals surface area contributed by atoms with Crippen molar-refractivity contribution in [3.63, 3.8) is 0 Å². The lowest BCUT2D eigenvalue weighted by Gasteiger charge is -2.36. The number of carbonyl (C=O) groups is 2. The van der Waals surface area contributed by atoms with Gasteiger partial charge in [0, 0.05) is 44.2 Å². The topological polar surface area (TPSA) is 71.1 Å².